The minimum atomic E-state index is -0.571. The fourth-order valence-corrected chi connectivity index (χ4v) is 5.31. The third-order valence-electron chi connectivity index (χ3n) is 6.85. The molecule has 0 aromatic heterocycles. The van der Waals surface area contributed by atoms with Gasteiger partial charge in [0.2, 0.25) is 5.91 Å². The zero-order chi connectivity index (χ0) is 23.1. The second kappa shape index (κ2) is 8.38. The molecule has 6 rings (SSSR count). The minimum absolute atomic E-state index is 0.0362. The van der Waals surface area contributed by atoms with Crippen molar-refractivity contribution in [3.63, 3.8) is 0 Å². The number of amides is 1. The normalized spacial score (nSPS) is 16.8. The Kier molecular flexibility index (Phi) is 5.06. The number of anilines is 1. The minimum Gasteiger partial charge on any atom is -0.507 e. The highest BCUT2D eigenvalue weighted by Gasteiger charge is 2.43. The Morgan fingerprint density at radius 3 is 2.18 bits per heavy atom. The maximum absolute atomic E-state index is 14.3. The molecular weight excluding hydrogens is 422 g/mol. The van der Waals surface area contributed by atoms with E-state index in [0.717, 1.165) is 46.5 Å². The highest BCUT2D eigenvalue weighted by molar-refractivity contribution is 6.08. The summed E-state index contributed by atoms with van der Waals surface area (Å²) in [7, 11) is 0. The molecule has 0 fully saturated rings. The van der Waals surface area contributed by atoms with Crippen LogP contribution in [0.25, 0.3) is 0 Å². The van der Waals surface area contributed by atoms with Crippen LogP contribution in [0, 0.1) is 0 Å². The van der Waals surface area contributed by atoms with Gasteiger partial charge in [0.1, 0.15) is 11.5 Å². The standard InChI is InChI=1S/C30H25NO3/c32-26-19-27-22(14-9-17-34-27)18-24(26)28-23-15-7-8-16-25(23)31(30(28)33)29(20-10-3-1-4-11-20)21-12-5-2-6-13-21/h1-8,10-13,15-16,18-19,28-29,32H,9,14,17H2. The van der Waals surface area contributed by atoms with Crippen molar-refractivity contribution in [3.8, 4) is 11.5 Å². The predicted molar refractivity (Wildman–Crippen MR) is 132 cm³/mol. The number of carbonyl (C=O) groups is 1. The van der Waals surface area contributed by atoms with E-state index in [4.69, 9.17) is 4.74 Å². The van der Waals surface area contributed by atoms with Crippen LogP contribution in [0.1, 0.15) is 46.2 Å². The Morgan fingerprint density at radius 2 is 1.47 bits per heavy atom. The van der Waals surface area contributed by atoms with Crippen molar-refractivity contribution in [1.82, 2.24) is 0 Å². The van der Waals surface area contributed by atoms with Crippen LogP contribution < -0.4 is 9.64 Å². The molecule has 2 aliphatic heterocycles. The summed E-state index contributed by atoms with van der Waals surface area (Å²) in [5, 5.41) is 11.0. The van der Waals surface area contributed by atoms with Crippen LogP contribution in [0.4, 0.5) is 5.69 Å². The molecule has 1 N–H and O–H groups in total. The number of rotatable bonds is 4. The number of nitrogens with zero attached hydrogens (tertiary/aromatic N) is 1. The Balaban J connectivity index is 1.52. The zero-order valence-corrected chi connectivity index (χ0v) is 18.7. The molecular formula is C30H25NO3. The second-order valence-electron chi connectivity index (χ2n) is 8.89. The Hall–Kier alpha value is -4.05. The molecule has 1 amide bonds. The first-order valence-corrected chi connectivity index (χ1v) is 11.7. The van der Waals surface area contributed by atoms with E-state index in [1.54, 1.807) is 6.07 Å². The lowest BCUT2D eigenvalue weighted by atomic mass is 9.89. The zero-order valence-electron chi connectivity index (χ0n) is 18.7. The van der Waals surface area contributed by atoms with Gasteiger partial charge in [0, 0.05) is 17.3 Å². The fourth-order valence-electron chi connectivity index (χ4n) is 5.31. The molecule has 2 heterocycles. The van der Waals surface area contributed by atoms with Crippen LogP contribution in [0.2, 0.25) is 0 Å². The van der Waals surface area contributed by atoms with E-state index in [2.05, 4.69) is 24.3 Å². The van der Waals surface area contributed by atoms with Crippen LogP contribution in [0.3, 0.4) is 0 Å². The lowest BCUT2D eigenvalue weighted by Gasteiger charge is -2.30. The largest absolute Gasteiger partial charge is 0.507 e. The molecule has 4 heteroatoms. The molecule has 0 saturated heterocycles. The monoisotopic (exact) mass is 447 g/mol. The average molecular weight is 448 g/mol. The van der Waals surface area contributed by atoms with Gasteiger partial charge in [-0.3, -0.25) is 9.69 Å². The maximum atomic E-state index is 14.3. The van der Waals surface area contributed by atoms with Crippen LogP contribution in [0.15, 0.2) is 97.1 Å². The van der Waals surface area contributed by atoms with E-state index in [1.165, 1.54) is 0 Å². The number of aryl methyl sites for hydroxylation is 1. The van der Waals surface area contributed by atoms with Crippen LogP contribution in [-0.2, 0) is 11.2 Å². The first-order valence-electron chi connectivity index (χ1n) is 11.7. The number of ether oxygens (including phenoxy) is 1. The van der Waals surface area contributed by atoms with Gasteiger partial charge in [0.25, 0.3) is 0 Å². The van der Waals surface area contributed by atoms with Gasteiger partial charge in [-0.25, -0.2) is 0 Å². The number of aromatic hydroxyl groups is 1. The van der Waals surface area contributed by atoms with E-state index in [-0.39, 0.29) is 17.7 Å². The molecule has 0 spiro atoms. The summed E-state index contributed by atoms with van der Waals surface area (Å²) in [6, 6.07) is 31.5. The number of para-hydroxylation sites is 1. The van der Waals surface area contributed by atoms with E-state index in [9.17, 15) is 9.90 Å². The first kappa shape index (κ1) is 20.5. The van der Waals surface area contributed by atoms with Crippen molar-refractivity contribution in [2.24, 2.45) is 0 Å². The maximum Gasteiger partial charge on any atom is 0.240 e. The molecule has 2 aliphatic rings. The summed E-state index contributed by atoms with van der Waals surface area (Å²) in [4.78, 5) is 16.2. The van der Waals surface area contributed by atoms with Gasteiger partial charge in [-0.1, -0.05) is 78.9 Å². The highest BCUT2D eigenvalue weighted by Crippen LogP contribution is 2.49. The number of phenolic OH excluding ortho intramolecular Hbond substituents is 1. The average Bonchev–Trinajstić information content (AvgIpc) is 3.17. The van der Waals surface area contributed by atoms with Gasteiger partial charge in [-0.05, 0) is 47.2 Å². The topological polar surface area (TPSA) is 49.8 Å². The number of hydrogen-bond donors (Lipinski definition) is 1. The summed E-state index contributed by atoms with van der Waals surface area (Å²) in [6.07, 6.45) is 1.81. The Morgan fingerprint density at radius 1 is 0.824 bits per heavy atom. The molecule has 0 saturated carbocycles. The fraction of sp³-hybridized carbons (Fsp3) is 0.167. The van der Waals surface area contributed by atoms with Crippen molar-refractivity contribution in [2.45, 2.75) is 24.8 Å². The third kappa shape index (κ3) is 3.34. The number of carbonyl (C=O) groups excluding carboxylic acids is 1. The van der Waals surface area contributed by atoms with E-state index < -0.39 is 5.92 Å². The molecule has 168 valence electrons. The number of hydrogen-bond acceptors (Lipinski definition) is 3. The molecule has 1 unspecified atom stereocenters. The lowest BCUT2D eigenvalue weighted by Crippen LogP contribution is -2.34. The lowest BCUT2D eigenvalue weighted by molar-refractivity contribution is -0.118. The van der Waals surface area contributed by atoms with E-state index >= 15 is 0 Å². The first-order chi connectivity index (χ1) is 16.7. The molecule has 0 aliphatic carbocycles. The SMILES string of the molecule is O=C1C(c2cc3c(cc2O)OCCC3)c2ccccc2N1C(c1ccccc1)c1ccccc1. The molecule has 0 bridgehead atoms. The third-order valence-corrected chi connectivity index (χ3v) is 6.85. The summed E-state index contributed by atoms with van der Waals surface area (Å²) >= 11 is 0. The highest BCUT2D eigenvalue weighted by atomic mass is 16.5. The molecule has 4 nitrogen and oxygen atoms in total. The molecule has 0 radical (unpaired) electrons. The van der Waals surface area contributed by atoms with Crippen LogP contribution >= 0.6 is 0 Å². The summed E-state index contributed by atoms with van der Waals surface area (Å²) in [5.41, 5.74) is 5.57. The van der Waals surface area contributed by atoms with Crippen LogP contribution in [0.5, 0.6) is 11.5 Å². The van der Waals surface area contributed by atoms with Crippen molar-refractivity contribution < 1.29 is 14.6 Å². The second-order valence-corrected chi connectivity index (χ2v) is 8.89. The van der Waals surface area contributed by atoms with Gasteiger partial charge in [0.05, 0.1) is 18.6 Å². The van der Waals surface area contributed by atoms with Gasteiger partial charge in [0.15, 0.2) is 0 Å². The molecule has 4 aromatic carbocycles. The summed E-state index contributed by atoms with van der Waals surface area (Å²) in [6.45, 7) is 0.653. The molecule has 34 heavy (non-hydrogen) atoms. The summed E-state index contributed by atoms with van der Waals surface area (Å²) in [5.74, 6) is 0.213. The smallest absolute Gasteiger partial charge is 0.240 e. The van der Waals surface area contributed by atoms with Crippen molar-refractivity contribution >= 4 is 11.6 Å². The predicted octanol–water partition coefficient (Wildman–Crippen LogP) is 5.99. The van der Waals surface area contributed by atoms with Gasteiger partial charge in [-0.2, -0.15) is 0 Å². The van der Waals surface area contributed by atoms with Crippen molar-refractivity contribution in [2.75, 3.05) is 11.5 Å². The Bertz CT molecular complexity index is 1310. The number of fused-ring (bicyclic) bond motifs is 2. The Labute approximate surface area is 199 Å². The van der Waals surface area contributed by atoms with Crippen LogP contribution in [-0.4, -0.2) is 17.6 Å². The van der Waals surface area contributed by atoms with Crippen molar-refractivity contribution in [3.05, 3.63) is 125 Å². The van der Waals surface area contributed by atoms with E-state index in [1.807, 2.05) is 71.6 Å². The molecule has 1 atom stereocenters. The van der Waals surface area contributed by atoms with Crippen molar-refractivity contribution in [1.29, 1.82) is 0 Å². The number of benzene rings is 4. The number of phenols is 1. The quantitative estimate of drug-likeness (QED) is 0.418. The van der Waals surface area contributed by atoms with Gasteiger partial charge < -0.3 is 9.84 Å². The molecule has 4 aromatic rings. The summed E-state index contributed by atoms with van der Waals surface area (Å²) < 4.78 is 5.74. The van der Waals surface area contributed by atoms with Gasteiger partial charge in [-0.15, -0.1) is 0 Å². The van der Waals surface area contributed by atoms with Gasteiger partial charge >= 0.3 is 0 Å². The van der Waals surface area contributed by atoms with E-state index in [0.29, 0.717) is 12.2 Å².